The van der Waals surface area contributed by atoms with Crippen LogP contribution in [-0.2, 0) is 6.42 Å². The highest BCUT2D eigenvalue weighted by molar-refractivity contribution is 5.75. The molecule has 2 aromatic carbocycles. The first-order valence-corrected chi connectivity index (χ1v) is 10.9. The predicted octanol–water partition coefficient (Wildman–Crippen LogP) is 7.18. The summed E-state index contributed by atoms with van der Waals surface area (Å²) in [5, 5.41) is 19.4. The lowest BCUT2D eigenvalue weighted by molar-refractivity contribution is 0.304. The van der Waals surface area contributed by atoms with Crippen molar-refractivity contribution in [2.75, 3.05) is 6.61 Å². The average molecular weight is 389 g/mol. The van der Waals surface area contributed by atoms with Gasteiger partial charge in [0, 0.05) is 5.56 Å². The molecule has 2 aromatic rings. The van der Waals surface area contributed by atoms with Gasteiger partial charge in [-0.25, -0.2) is 0 Å². The second-order valence-electron chi connectivity index (χ2n) is 7.49. The summed E-state index contributed by atoms with van der Waals surface area (Å²) < 4.78 is 5.84. The minimum absolute atomic E-state index is 0.478. The van der Waals surface area contributed by atoms with Crippen LogP contribution in [0.15, 0.2) is 36.4 Å². The van der Waals surface area contributed by atoms with Crippen LogP contribution in [0.1, 0.15) is 81.9 Å². The molecule has 0 bridgehead atoms. The fourth-order valence-corrected chi connectivity index (χ4v) is 3.53. The highest BCUT2D eigenvalue weighted by atomic mass is 16.5. The van der Waals surface area contributed by atoms with E-state index in [2.05, 4.69) is 26.0 Å². The van der Waals surface area contributed by atoms with Gasteiger partial charge in [-0.2, -0.15) is 10.5 Å². The summed E-state index contributed by atoms with van der Waals surface area (Å²) in [6.45, 7) is 5.11. The molecule has 0 saturated carbocycles. The van der Waals surface area contributed by atoms with Crippen LogP contribution >= 0.6 is 0 Å². The largest absolute Gasteiger partial charge is 0.494 e. The molecule has 152 valence electrons. The zero-order chi connectivity index (χ0) is 20.9. The molecule has 0 atom stereocenters. The van der Waals surface area contributed by atoms with Gasteiger partial charge in [0.05, 0.1) is 17.7 Å². The first kappa shape index (κ1) is 22.5. The van der Waals surface area contributed by atoms with Crippen molar-refractivity contribution in [3.05, 3.63) is 53.1 Å². The molecule has 0 saturated heterocycles. The van der Waals surface area contributed by atoms with E-state index in [0.29, 0.717) is 11.1 Å². The van der Waals surface area contributed by atoms with Crippen molar-refractivity contribution in [2.24, 2.45) is 0 Å². The third kappa shape index (κ3) is 6.65. The van der Waals surface area contributed by atoms with Gasteiger partial charge >= 0.3 is 0 Å². The van der Waals surface area contributed by atoms with E-state index in [0.717, 1.165) is 61.2 Å². The Morgan fingerprint density at radius 2 is 1.38 bits per heavy atom. The number of rotatable bonds is 12. The second-order valence-corrected chi connectivity index (χ2v) is 7.49. The molecule has 0 heterocycles. The van der Waals surface area contributed by atoms with Crippen molar-refractivity contribution in [3.8, 4) is 29.0 Å². The van der Waals surface area contributed by atoms with Crippen LogP contribution in [0.4, 0.5) is 0 Å². The Hall–Kier alpha value is -2.78. The Bertz CT molecular complexity index is 841. The molecule has 0 unspecified atom stereocenters. The summed E-state index contributed by atoms with van der Waals surface area (Å²) in [4.78, 5) is 0. The van der Waals surface area contributed by atoms with E-state index in [-0.39, 0.29) is 0 Å². The van der Waals surface area contributed by atoms with Crippen LogP contribution in [0.2, 0.25) is 0 Å². The van der Waals surface area contributed by atoms with E-state index >= 15 is 0 Å². The third-order valence-corrected chi connectivity index (χ3v) is 5.25. The summed E-state index contributed by atoms with van der Waals surface area (Å²) in [6.07, 6.45) is 10.2. The van der Waals surface area contributed by atoms with E-state index in [1.807, 2.05) is 36.4 Å². The summed E-state index contributed by atoms with van der Waals surface area (Å²) in [5.41, 5.74) is 3.73. The molecule has 0 amide bonds. The lowest BCUT2D eigenvalue weighted by Gasteiger charge is -2.12. The molecular weight excluding hydrogens is 356 g/mol. The van der Waals surface area contributed by atoms with E-state index in [9.17, 15) is 10.5 Å². The molecular formula is C26H32N2O. The molecule has 2 rings (SSSR count). The summed E-state index contributed by atoms with van der Waals surface area (Å²) >= 11 is 0. The van der Waals surface area contributed by atoms with Crippen molar-refractivity contribution >= 4 is 0 Å². The van der Waals surface area contributed by atoms with E-state index in [4.69, 9.17) is 4.74 Å². The molecule has 0 aliphatic heterocycles. The smallest absolute Gasteiger partial charge is 0.119 e. The lowest BCUT2D eigenvalue weighted by Crippen LogP contribution is -1.98. The Kier molecular flexibility index (Phi) is 9.81. The second kappa shape index (κ2) is 12.6. The van der Waals surface area contributed by atoms with Gasteiger partial charge in [-0.15, -0.1) is 0 Å². The van der Waals surface area contributed by atoms with Gasteiger partial charge in [-0.3, -0.25) is 0 Å². The first-order chi connectivity index (χ1) is 14.2. The molecule has 0 spiro atoms. The monoisotopic (exact) mass is 388 g/mol. The van der Waals surface area contributed by atoms with Crippen molar-refractivity contribution in [2.45, 2.75) is 71.6 Å². The maximum absolute atomic E-state index is 9.72. The Morgan fingerprint density at radius 3 is 2.03 bits per heavy atom. The van der Waals surface area contributed by atoms with Crippen LogP contribution < -0.4 is 4.74 Å². The van der Waals surface area contributed by atoms with Crippen LogP contribution in [0, 0.1) is 22.7 Å². The fraction of sp³-hybridized carbons (Fsp3) is 0.462. The number of nitrogens with zero attached hydrogens (tertiary/aromatic N) is 2. The Balaban J connectivity index is 2.09. The van der Waals surface area contributed by atoms with Gasteiger partial charge in [0.1, 0.15) is 17.9 Å². The zero-order valence-electron chi connectivity index (χ0n) is 17.8. The van der Waals surface area contributed by atoms with Gasteiger partial charge in [0.25, 0.3) is 0 Å². The standard InChI is InChI=1S/C26H32N2O/c1-3-5-7-8-10-18-29-23-15-12-22(13-16-23)24-17-14-21(11-9-6-4-2)25(19-27)26(24)20-28/h12-17H,3-11,18H2,1-2H3. The normalized spacial score (nSPS) is 10.3. The predicted molar refractivity (Wildman–Crippen MR) is 119 cm³/mol. The summed E-state index contributed by atoms with van der Waals surface area (Å²) in [5.74, 6) is 0.847. The van der Waals surface area contributed by atoms with Crippen molar-refractivity contribution in [3.63, 3.8) is 0 Å². The minimum atomic E-state index is 0.478. The number of nitriles is 2. The SMILES string of the molecule is CCCCCCCOc1ccc(-c2ccc(CCCCC)c(C#N)c2C#N)cc1. The Morgan fingerprint density at radius 1 is 0.724 bits per heavy atom. The maximum atomic E-state index is 9.72. The van der Waals surface area contributed by atoms with Crippen LogP contribution in [0.5, 0.6) is 5.75 Å². The highest BCUT2D eigenvalue weighted by Gasteiger charge is 2.14. The van der Waals surface area contributed by atoms with Crippen LogP contribution in [-0.4, -0.2) is 6.61 Å². The molecule has 0 fully saturated rings. The van der Waals surface area contributed by atoms with Crippen LogP contribution in [0.25, 0.3) is 11.1 Å². The van der Waals surface area contributed by atoms with Crippen molar-refractivity contribution in [1.29, 1.82) is 10.5 Å². The van der Waals surface area contributed by atoms with E-state index in [1.54, 1.807) is 0 Å². The van der Waals surface area contributed by atoms with Crippen molar-refractivity contribution in [1.82, 2.24) is 0 Å². The average Bonchev–Trinajstić information content (AvgIpc) is 2.76. The third-order valence-electron chi connectivity index (χ3n) is 5.25. The molecule has 29 heavy (non-hydrogen) atoms. The molecule has 0 aliphatic rings. The molecule has 3 heteroatoms. The molecule has 0 aromatic heterocycles. The number of ether oxygens (including phenoxy) is 1. The van der Waals surface area contributed by atoms with Gasteiger partial charge < -0.3 is 4.74 Å². The lowest BCUT2D eigenvalue weighted by atomic mass is 9.91. The van der Waals surface area contributed by atoms with E-state index in [1.165, 1.54) is 25.7 Å². The molecule has 0 radical (unpaired) electrons. The fourth-order valence-electron chi connectivity index (χ4n) is 3.53. The number of hydrogen-bond acceptors (Lipinski definition) is 3. The molecule has 0 aliphatic carbocycles. The van der Waals surface area contributed by atoms with Gasteiger partial charge in [0.15, 0.2) is 0 Å². The molecule has 0 N–H and O–H groups in total. The number of benzene rings is 2. The minimum Gasteiger partial charge on any atom is -0.494 e. The van der Waals surface area contributed by atoms with E-state index < -0.39 is 0 Å². The first-order valence-electron chi connectivity index (χ1n) is 10.9. The number of aryl methyl sites for hydroxylation is 1. The quantitative estimate of drug-likeness (QED) is 0.362. The molecule has 3 nitrogen and oxygen atoms in total. The van der Waals surface area contributed by atoms with Crippen molar-refractivity contribution < 1.29 is 4.74 Å². The topological polar surface area (TPSA) is 56.8 Å². The van der Waals surface area contributed by atoms with Gasteiger partial charge in [-0.05, 0) is 42.5 Å². The summed E-state index contributed by atoms with van der Waals surface area (Å²) in [7, 11) is 0. The number of unbranched alkanes of at least 4 members (excludes halogenated alkanes) is 6. The summed E-state index contributed by atoms with van der Waals surface area (Å²) in [6, 6.07) is 16.4. The van der Waals surface area contributed by atoms with Gasteiger partial charge in [0.2, 0.25) is 0 Å². The maximum Gasteiger partial charge on any atom is 0.119 e. The number of hydrogen-bond donors (Lipinski definition) is 0. The Labute approximate surface area is 175 Å². The zero-order valence-corrected chi connectivity index (χ0v) is 17.8. The highest BCUT2D eigenvalue weighted by Crippen LogP contribution is 2.30. The van der Waals surface area contributed by atoms with Crippen LogP contribution in [0.3, 0.4) is 0 Å². The van der Waals surface area contributed by atoms with Gasteiger partial charge in [-0.1, -0.05) is 76.6 Å².